The van der Waals surface area contributed by atoms with Crippen LogP contribution < -0.4 is 4.74 Å². The molecule has 1 heterocycles. The van der Waals surface area contributed by atoms with E-state index in [4.69, 9.17) is 4.74 Å². The van der Waals surface area contributed by atoms with Crippen LogP contribution in [0.3, 0.4) is 0 Å². The van der Waals surface area contributed by atoms with Crippen molar-refractivity contribution in [2.45, 2.75) is 39.7 Å². The third-order valence-electron chi connectivity index (χ3n) is 6.76. The van der Waals surface area contributed by atoms with Gasteiger partial charge in [0.15, 0.2) is 0 Å². The molecule has 2 unspecified atom stereocenters. The molecule has 2 aromatic rings. The Balaban J connectivity index is 1.39. The maximum Gasteiger partial charge on any atom is 0.309 e. The largest absolute Gasteiger partial charge is 0.489 e. The first kappa shape index (κ1) is 22.3. The van der Waals surface area contributed by atoms with E-state index in [2.05, 4.69) is 24.0 Å². The first-order valence-electron chi connectivity index (χ1n) is 11.2. The predicted molar refractivity (Wildman–Crippen MR) is 125 cm³/mol. The number of hydrogen-bond acceptors (Lipinski definition) is 3. The van der Waals surface area contributed by atoms with Crippen molar-refractivity contribution in [3.63, 3.8) is 0 Å². The summed E-state index contributed by atoms with van der Waals surface area (Å²) in [5.41, 5.74) is 7.29. The van der Waals surface area contributed by atoms with Crippen LogP contribution in [0.25, 0.3) is 11.6 Å². The second-order valence-corrected chi connectivity index (χ2v) is 8.99. The van der Waals surface area contributed by atoms with Gasteiger partial charge in [0.1, 0.15) is 18.2 Å². The lowest BCUT2D eigenvalue weighted by molar-refractivity contribution is -0.151. The van der Waals surface area contributed by atoms with Crippen LogP contribution in [0, 0.1) is 11.7 Å². The van der Waals surface area contributed by atoms with E-state index >= 15 is 0 Å². The average Bonchev–Trinajstić information content (AvgIpc) is 2.77. The lowest BCUT2D eigenvalue weighted by atomic mass is 9.83. The third kappa shape index (κ3) is 4.78. The normalized spacial score (nSPS) is 21.2. The van der Waals surface area contributed by atoms with Crippen molar-refractivity contribution in [2.24, 2.45) is 5.92 Å². The summed E-state index contributed by atoms with van der Waals surface area (Å²) >= 11 is 0. The van der Waals surface area contributed by atoms with Gasteiger partial charge in [-0.3, -0.25) is 9.69 Å². The van der Waals surface area contributed by atoms with Gasteiger partial charge in [-0.05, 0) is 85.7 Å². The fraction of sp³-hybridized carbons (Fsp3) is 0.370. The number of nitrogens with zero attached hydrogens (tertiary/aromatic N) is 1. The summed E-state index contributed by atoms with van der Waals surface area (Å²) in [6.07, 6.45) is 3.96. The number of carboxylic acids is 1. The van der Waals surface area contributed by atoms with Gasteiger partial charge in [0.25, 0.3) is 0 Å². The quantitative estimate of drug-likeness (QED) is 0.630. The number of allylic oxidation sites excluding steroid dienone is 1. The molecule has 0 amide bonds. The molecule has 0 spiro atoms. The molecule has 1 fully saturated rings. The van der Waals surface area contributed by atoms with Crippen LogP contribution in [0.15, 0.2) is 53.6 Å². The van der Waals surface area contributed by atoms with Crippen LogP contribution in [-0.2, 0) is 11.2 Å². The molecule has 2 atom stereocenters. The Kier molecular flexibility index (Phi) is 6.47. The lowest BCUT2D eigenvalue weighted by Crippen LogP contribution is -2.58. The maximum absolute atomic E-state index is 13.1. The Labute approximate surface area is 189 Å². The van der Waals surface area contributed by atoms with Gasteiger partial charge in [0.2, 0.25) is 0 Å². The van der Waals surface area contributed by atoms with Crippen LogP contribution in [0.1, 0.15) is 43.9 Å². The first-order chi connectivity index (χ1) is 15.3. The van der Waals surface area contributed by atoms with Gasteiger partial charge >= 0.3 is 5.97 Å². The number of fused-ring (bicyclic) bond motifs is 1. The molecule has 5 heteroatoms. The second kappa shape index (κ2) is 9.29. The highest BCUT2D eigenvalue weighted by molar-refractivity contribution is 5.74. The van der Waals surface area contributed by atoms with Gasteiger partial charge < -0.3 is 9.84 Å². The van der Waals surface area contributed by atoms with Gasteiger partial charge in [0.05, 0.1) is 5.92 Å². The molecule has 1 saturated heterocycles. The Bertz CT molecular complexity index is 1070. The topological polar surface area (TPSA) is 49.8 Å². The molecule has 2 aromatic carbocycles. The zero-order valence-electron chi connectivity index (χ0n) is 18.9. The van der Waals surface area contributed by atoms with Gasteiger partial charge in [-0.1, -0.05) is 29.8 Å². The molecule has 0 saturated carbocycles. The van der Waals surface area contributed by atoms with Crippen molar-refractivity contribution in [1.82, 2.24) is 4.90 Å². The molecule has 1 aliphatic heterocycles. The zero-order valence-corrected chi connectivity index (χ0v) is 18.9. The highest BCUT2D eigenvalue weighted by atomic mass is 19.1. The first-order valence-corrected chi connectivity index (χ1v) is 11.2. The van der Waals surface area contributed by atoms with Gasteiger partial charge in [-0.15, -0.1) is 0 Å². The summed E-state index contributed by atoms with van der Waals surface area (Å²) in [5.74, 6) is -0.315. The summed E-state index contributed by atoms with van der Waals surface area (Å²) < 4.78 is 19.1. The molecule has 2 aliphatic rings. The maximum atomic E-state index is 13.1. The molecular formula is C27H30FNO3. The molecule has 1 aliphatic carbocycles. The Morgan fingerprint density at radius 2 is 1.97 bits per heavy atom. The monoisotopic (exact) mass is 435 g/mol. The molecule has 168 valence electrons. The zero-order chi connectivity index (χ0) is 22.8. The van der Waals surface area contributed by atoms with Crippen molar-refractivity contribution < 1.29 is 19.0 Å². The summed E-state index contributed by atoms with van der Waals surface area (Å²) in [6, 6.07) is 12.8. The number of halogens is 1. The average molecular weight is 436 g/mol. The van der Waals surface area contributed by atoms with E-state index in [9.17, 15) is 14.3 Å². The van der Waals surface area contributed by atoms with Crippen molar-refractivity contribution in [3.05, 3.63) is 76.1 Å². The van der Waals surface area contributed by atoms with Crippen molar-refractivity contribution in [3.8, 4) is 5.75 Å². The van der Waals surface area contributed by atoms with Crippen LogP contribution in [0.5, 0.6) is 5.75 Å². The standard InChI is InChI=1S/C27H30FNO3/c1-17(12-20-4-8-23(28)9-5-20)16-32-24-10-11-25-18(2)22(7-6-21(25)13-24)14-29-15-26(19(29)3)27(30)31/h4-5,8-13,19,26H,6-7,14-16H2,1-3H3,(H,30,31). The summed E-state index contributed by atoms with van der Waals surface area (Å²) in [4.78, 5) is 13.5. The molecule has 0 radical (unpaired) electrons. The number of ether oxygens (including phenoxy) is 1. The van der Waals surface area contributed by atoms with E-state index in [0.717, 1.165) is 36.3 Å². The van der Waals surface area contributed by atoms with Gasteiger partial charge in [-0.25, -0.2) is 4.39 Å². The molecule has 4 nitrogen and oxygen atoms in total. The lowest BCUT2D eigenvalue weighted by Gasteiger charge is -2.45. The number of rotatable bonds is 7. The van der Waals surface area contributed by atoms with Crippen LogP contribution in [-0.4, -0.2) is 41.7 Å². The van der Waals surface area contributed by atoms with E-state index in [-0.39, 0.29) is 17.8 Å². The van der Waals surface area contributed by atoms with Crippen molar-refractivity contribution in [2.75, 3.05) is 19.7 Å². The predicted octanol–water partition coefficient (Wildman–Crippen LogP) is 5.43. The van der Waals surface area contributed by atoms with Crippen molar-refractivity contribution >= 4 is 17.6 Å². The fourth-order valence-electron chi connectivity index (χ4n) is 4.60. The van der Waals surface area contributed by atoms with E-state index in [1.807, 2.05) is 26.0 Å². The van der Waals surface area contributed by atoms with Crippen molar-refractivity contribution in [1.29, 1.82) is 0 Å². The van der Waals surface area contributed by atoms with Crippen LogP contribution in [0.4, 0.5) is 4.39 Å². The summed E-state index contributed by atoms with van der Waals surface area (Å²) in [7, 11) is 0. The molecule has 4 rings (SSSR count). The minimum atomic E-state index is -0.691. The van der Waals surface area contributed by atoms with Gasteiger partial charge in [0, 0.05) is 19.1 Å². The smallest absolute Gasteiger partial charge is 0.309 e. The van der Waals surface area contributed by atoms with Crippen LogP contribution >= 0.6 is 0 Å². The molecule has 1 N–H and O–H groups in total. The van der Waals surface area contributed by atoms with E-state index in [1.165, 1.54) is 34.4 Å². The fourth-order valence-corrected chi connectivity index (χ4v) is 4.60. The van der Waals surface area contributed by atoms with E-state index in [0.29, 0.717) is 13.2 Å². The molecule has 32 heavy (non-hydrogen) atoms. The number of carboxylic acid groups (broad SMARTS) is 1. The SMILES string of the molecule is CC(=Cc1ccc(F)cc1)COc1ccc2c(c1)CCC(CN1CC(C(=O)O)C1C)=C2C. The Hall–Kier alpha value is -2.92. The number of aliphatic carboxylic acids is 1. The van der Waals surface area contributed by atoms with E-state index in [1.54, 1.807) is 12.1 Å². The summed E-state index contributed by atoms with van der Waals surface area (Å²) in [6.45, 7) is 8.15. The van der Waals surface area contributed by atoms with Gasteiger partial charge in [-0.2, -0.15) is 0 Å². The highest BCUT2D eigenvalue weighted by Crippen LogP contribution is 2.35. The Morgan fingerprint density at radius 1 is 1.22 bits per heavy atom. The number of aryl methyl sites for hydroxylation is 1. The minimum absolute atomic E-state index is 0.0937. The molecular weight excluding hydrogens is 405 g/mol. The number of carbonyl (C=O) groups is 1. The number of benzene rings is 2. The second-order valence-electron chi connectivity index (χ2n) is 8.99. The third-order valence-corrected chi connectivity index (χ3v) is 6.76. The number of hydrogen-bond donors (Lipinski definition) is 1. The van der Waals surface area contributed by atoms with Crippen LogP contribution in [0.2, 0.25) is 0 Å². The minimum Gasteiger partial charge on any atom is -0.489 e. The van der Waals surface area contributed by atoms with E-state index < -0.39 is 5.97 Å². The highest BCUT2D eigenvalue weighted by Gasteiger charge is 2.40. The molecule has 0 bridgehead atoms. The Morgan fingerprint density at radius 3 is 2.66 bits per heavy atom. The number of likely N-dealkylation sites (tertiary alicyclic amines) is 1. The summed E-state index contributed by atoms with van der Waals surface area (Å²) in [5, 5.41) is 9.23. The molecule has 0 aromatic heterocycles.